The molecule has 12 nitrogen and oxygen atoms in total. The summed E-state index contributed by atoms with van der Waals surface area (Å²) >= 11 is 0. The second kappa shape index (κ2) is 20.0. The Labute approximate surface area is 197 Å². The highest BCUT2D eigenvalue weighted by Crippen LogP contribution is 2.44. The molecule has 0 aromatic carbocycles. The zero-order valence-corrected chi connectivity index (χ0v) is 21.5. The van der Waals surface area contributed by atoms with Crippen molar-refractivity contribution < 1.29 is 56.8 Å². The van der Waals surface area contributed by atoms with Gasteiger partial charge in [-0.15, -0.1) is 0 Å². The van der Waals surface area contributed by atoms with Crippen LogP contribution < -0.4 is 0 Å². The zero-order valence-electron chi connectivity index (χ0n) is 20.6. The molecule has 0 amide bonds. The molecule has 0 aromatic rings. The van der Waals surface area contributed by atoms with Gasteiger partial charge in [0.2, 0.25) is 0 Å². The van der Waals surface area contributed by atoms with Crippen LogP contribution >= 0.6 is 7.82 Å². The molecule has 0 saturated heterocycles. The number of methoxy groups -OCH3 is 2. The summed E-state index contributed by atoms with van der Waals surface area (Å²) in [6.45, 7) is 8.07. The Morgan fingerprint density at radius 3 is 1.61 bits per heavy atom. The Morgan fingerprint density at radius 2 is 1.21 bits per heavy atom. The molecule has 33 heavy (non-hydrogen) atoms. The largest absolute Gasteiger partial charge is 0.470 e. The van der Waals surface area contributed by atoms with E-state index < -0.39 is 26.0 Å². The van der Waals surface area contributed by atoms with Crippen LogP contribution in [0.25, 0.3) is 0 Å². The van der Waals surface area contributed by atoms with E-state index in [9.17, 15) is 14.4 Å². The van der Waals surface area contributed by atoms with Crippen LogP contribution in [0.1, 0.15) is 33.6 Å². The first-order valence-electron chi connectivity index (χ1n) is 11.1. The van der Waals surface area contributed by atoms with Crippen LogP contribution in [0.5, 0.6) is 0 Å². The van der Waals surface area contributed by atoms with Crippen LogP contribution in [-0.2, 0) is 47.0 Å². The molecule has 2 atom stereocenters. The van der Waals surface area contributed by atoms with Gasteiger partial charge < -0.3 is 47.7 Å². The second-order valence-corrected chi connectivity index (χ2v) is 8.07. The van der Waals surface area contributed by atoms with Crippen molar-refractivity contribution in [3.05, 3.63) is 0 Å². The van der Waals surface area contributed by atoms with Gasteiger partial charge in [-0.05, 0) is 20.8 Å². The molecule has 2 unspecified atom stereocenters. The molecule has 0 aliphatic heterocycles. The molecule has 0 radical (unpaired) electrons. The highest BCUT2D eigenvalue weighted by atomic mass is 31.2. The maximum atomic E-state index is 11.8. The van der Waals surface area contributed by atoms with Crippen LogP contribution in [0.15, 0.2) is 0 Å². The van der Waals surface area contributed by atoms with Crippen molar-refractivity contribution in [2.45, 2.75) is 51.8 Å². The topological polar surface area (TPSA) is 141 Å². The lowest BCUT2D eigenvalue weighted by Gasteiger charge is -2.33. The Hall–Kier alpha value is -0.210. The molecule has 0 spiro atoms. The quantitative estimate of drug-likeness (QED) is 0.112. The van der Waals surface area contributed by atoms with Gasteiger partial charge in [-0.3, -0.25) is 4.52 Å². The monoisotopic (exact) mass is 506 g/mol. The van der Waals surface area contributed by atoms with Crippen LogP contribution in [0, 0.1) is 0 Å². The van der Waals surface area contributed by atoms with Crippen LogP contribution in [0.2, 0.25) is 0 Å². The molecule has 0 fully saturated rings. The van der Waals surface area contributed by atoms with Gasteiger partial charge in [0, 0.05) is 60.1 Å². The first kappa shape index (κ1) is 32.8. The smallest absolute Gasteiger partial charge is 0.379 e. The number of hydrogen-bond donors (Lipinski definition) is 2. The van der Waals surface area contributed by atoms with Crippen LogP contribution in [0.4, 0.5) is 0 Å². The van der Waals surface area contributed by atoms with E-state index in [0.717, 1.165) is 0 Å². The van der Waals surface area contributed by atoms with Crippen LogP contribution in [0.3, 0.4) is 0 Å². The lowest BCUT2D eigenvalue weighted by Crippen LogP contribution is -2.40. The zero-order chi connectivity index (χ0) is 25.0. The maximum absolute atomic E-state index is 11.8. The number of rotatable bonds is 24. The Balaban J connectivity index is 5.08. The minimum atomic E-state index is -4.84. The van der Waals surface area contributed by atoms with Crippen LogP contribution in [-0.4, -0.2) is 108 Å². The summed E-state index contributed by atoms with van der Waals surface area (Å²) in [5, 5.41) is 0. The lowest BCUT2D eigenvalue weighted by atomic mass is 9.97. The first-order valence-corrected chi connectivity index (χ1v) is 12.6. The molecule has 0 saturated carbocycles. The van der Waals surface area contributed by atoms with E-state index in [2.05, 4.69) is 0 Å². The van der Waals surface area contributed by atoms with Crippen molar-refractivity contribution in [1.82, 2.24) is 0 Å². The van der Waals surface area contributed by atoms with Crippen molar-refractivity contribution in [3.63, 3.8) is 0 Å². The molecule has 0 aliphatic carbocycles. The Bertz CT molecular complexity index is 468. The second-order valence-electron chi connectivity index (χ2n) is 6.91. The molecule has 0 rings (SSSR count). The van der Waals surface area contributed by atoms with Gasteiger partial charge in [0.25, 0.3) is 0 Å². The fourth-order valence-corrected chi connectivity index (χ4v) is 3.52. The number of ether oxygens (including phenoxy) is 8. The fraction of sp³-hybridized carbons (Fsp3) is 1.00. The van der Waals surface area contributed by atoms with Crippen molar-refractivity contribution in [3.8, 4) is 0 Å². The number of hydrogen-bond acceptors (Lipinski definition) is 10. The number of phosphoric ester groups is 1. The first-order chi connectivity index (χ1) is 15.8. The Morgan fingerprint density at radius 1 is 0.727 bits per heavy atom. The predicted molar refractivity (Wildman–Crippen MR) is 119 cm³/mol. The van der Waals surface area contributed by atoms with Gasteiger partial charge in [0.05, 0.1) is 33.0 Å². The van der Waals surface area contributed by atoms with Gasteiger partial charge in [0.1, 0.15) is 5.60 Å². The van der Waals surface area contributed by atoms with Gasteiger partial charge in [-0.2, -0.15) is 0 Å². The molecular formula is C20H43O12P. The number of phosphoric acid groups is 1. The minimum Gasteiger partial charge on any atom is -0.379 e. The molecule has 13 heteroatoms. The third-order valence-electron chi connectivity index (χ3n) is 4.40. The highest BCUT2D eigenvalue weighted by Gasteiger charge is 2.38. The molecule has 0 bridgehead atoms. The van der Waals surface area contributed by atoms with Crippen molar-refractivity contribution >= 4 is 7.82 Å². The third kappa shape index (κ3) is 17.8. The average Bonchev–Trinajstić information content (AvgIpc) is 2.76. The van der Waals surface area contributed by atoms with E-state index in [1.165, 1.54) is 14.2 Å². The molecule has 0 aliphatic rings. The summed E-state index contributed by atoms with van der Waals surface area (Å²) in [6, 6.07) is 0. The van der Waals surface area contributed by atoms with Crippen molar-refractivity contribution in [2.24, 2.45) is 0 Å². The SMILES string of the molecule is CCOCCOCC(CCOCC(OC)OCC)(CCOCC(OC)OCC)OP(=O)(O)O. The summed E-state index contributed by atoms with van der Waals surface area (Å²) in [4.78, 5) is 19.1. The highest BCUT2D eigenvalue weighted by molar-refractivity contribution is 7.46. The van der Waals surface area contributed by atoms with E-state index in [1.54, 1.807) is 0 Å². The van der Waals surface area contributed by atoms with E-state index in [1.807, 2.05) is 20.8 Å². The van der Waals surface area contributed by atoms with Gasteiger partial charge in [-0.1, -0.05) is 0 Å². The molecule has 0 aromatic heterocycles. The van der Waals surface area contributed by atoms with E-state index in [0.29, 0.717) is 26.4 Å². The van der Waals surface area contributed by atoms with Gasteiger partial charge in [0.15, 0.2) is 12.6 Å². The molecule has 2 N–H and O–H groups in total. The molecule has 200 valence electrons. The summed E-state index contributed by atoms with van der Waals surface area (Å²) in [6.07, 6.45) is -0.805. The maximum Gasteiger partial charge on any atom is 0.470 e. The lowest BCUT2D eigenvalue weighted by molar-refractivity contribution is -0.163. The summed E-state index contributed by atoms with van der Waals surface area (Å²) < 4.78 is 60.1. The minimum absolute atomic E-state index is 0.0871. The van der Waals surface area contributed by atoms with E-state index >= 15 is 0 Å². The van der Waals surface area contributed by atoms with Gasteiger partial charge in [-0.25, -0.2) is 4.57 Å². The fourth-order valence-electron chi connectivity index (χ4n) is 2.78. The normalized spacial score (nSPS) is 16.0. The molecular weight excluding hydrogens is 463 g/mol. The summed E-state index contributed by atoms with van der Waals surface area (Å²) in [5.74, 6) is 0. The van der Waals surface area contributed by atoms with Crippen molar-refractivity contribution in [2.75, 3.05) is 80.3 Å². The van der Waals surface area contributed by atoms with Gasteiger partial charge >= 0.3 is 7.82 Å². The van der Waals surface area contributed by atoms with Crippen molar-refractivity contribution in [1.29, 1.82) is 0 Å². The summed E-state index contributed by atoms with van der Waals surface area (Å²) in [7, 11) is -1.83. The predicted octanol–water partition coefficient (Wildman–Crippen LogP) is 1.72. The molecule has 0 heterocycles. The third-order valence-corrected chi connectivity index (χ3v) is 5.02. The summed E-state index contributed by atoms with van der Waals surface area (Å²) in [5.41, 5.74) is -1.35. The Kier molecular flexibility index (Phi) is 19.9. The van der Waals surface area contributed by atoms with E-state index in [4.69, 9.17) is 42.4 Å². The standard InChI is InChI=1S/C20H43O12P/c1-6-26-13-14-29-17-20(32-33(21,22)23,9-11-27-15-18(24-4)30-7-2)10-12-28-16-19(25-5)31-8-3/h18-19H,6-17H2,1-5H3,(H2,21,22,23). The average molecular weight is 507 g/mol. The van der Waals surface area contributed by atoms with E-state index in [-0.39, 0.29) is 52.5 Å².